The Morgan fingerprint density at radius 3 is 1.49 bits per heavy atom. The minimum absolute atomic E-state index is 0.0923. The van der Waals surface area contributed by atoms with Crippen molar-refractivity contribution in [3.63, 3.8) is 0 Å². The van der Waals surface area contributed by atoms with Crippen molar-refractivity contribution in [2.24, 2.45) is 0 Å². The molecule has 11 heteroatoms. The number of carbonyl (C=O) groups excluding carboxylic acids is 2. The number of unbranched alkanes of at least 4 members (excludes halogenated alkanes) is 23. The fourth-order valence-electron chi connectivity index (χ4n) is 8.79. The highest BCUT2D eigenvalue weighted by atomic mass is 16.7. The first-order valence-corrected chi connectivity index (χ1v) is 29.9. The van der Waals surface area contributed by atoms with Gasteiger partial charge in [0.25, 0.3) is 0 Å². The molecule has 1 aliphatic rings. The molecule has 8 unspecified atom stereocenters. The van der Waals surface area contributed by atoms with Crippen molar-refractivity contribution >= 4 is 11.9 Å². The molecule has 6 N–H and O–H groups in total. The molecule has 1 fully saturated rings. The molecule has 0 saturated carbocycles. The molecule has 1 saturated heterocycles. The van der Waals surface area contributed by atoms with E-state index in [9.17, 15) is 35.1 Å². The molecule has 0 bridgehead atoms. The summed E-state index contributed by atoms with van der Waals surface area (Å²) in [6, 6.07) is -1.04. The molecule has 1 aliphatic heterocycles. The number of nitrogens with one attached hydrogen (secondary N) is 1. The lowest BCUT2D eigenvalue weighted by molar-refractivity contribution is -0.305. The summed E-state index contributed by atoms with van der Waals surface area (Å²) in [6.45, 7) is 5.62. The molecule has 1 amide bonds. The second kappa shape index (κ2) is 50.6. The topological polar surface area (TPSA) is 175 Å². The number of ether oxygens (including phenoxy) is 3. The highest BCUT2D eigenvalue weighted by Crippen LogP contribution is 2.26. The van der Waals surface area contributed by atoms with Crippen LogP contribution in [0.25, 0.3) is 0 Å². The SMILES string of the molecule is CC/C=C/C/C=C/C/C=C/CCCCCCC(=O)OC1C(OCC(NC(=O)C(O)CCCCCCC/C=C\C/C=C\C/C=C\CCCCC)C(O)/C=C/CCCCCCCCCCCCC)OC(CO)C(O)C1O. The largest absolute Gasteiger partial charge is 0.454 e. The Kier molecular flexibility index (Phi) is 47.1. The monoisotopic (exact) mass is 1040 g/mol. The maximum Gasteiger partial charge on any atom is 0.306 e. The predicted octanol–water partition coefficient (Wildman–Crippen LogP) is 13.8. The third-order valence-corrected chi connectivity index (χ3v) is 13.5. The molecule has 1 rings (SSSR count). The zero-order chi connectivity index (χ0) is 54.0. The molecule has 0 aromatic rings. The highest BCUT2D eigenvalue weighted by molar-refractivity contribution is 5.80. The van der Waals surface area contributed by atoms with Crippen molar-refractivity contribution in [3.8, 4) is 0 Å². The third-order valence-electron chi connectivity index (χ3n) is 13.5. The van der Waals surface area contributed by atoms with Gasteiger partial charge in [-0.3, -0.25) is 9.59 Å². The normalized spacial score (nSPS) is 19.9. The molecule has 1 heterocycles. The van der Waals surface area contributed by atoms with Crippen LogP contribution in [-0.2, 0) is 23.8 Å². The van der Waals surface area contributed by atoms with Gasteiger partial charge >= 0.3 is 5.97 Å². The van der Waals surface area contributed by atoms with E-state index >= 15 is 0 Å². The van der Waals surface area contributed by atoms with Crippen molar-refractivity contribution in [1.82, 2.24) is 5.32 Å². The van der Waals surface area contributed by atoms with Crippen LogP contribution in [0.5, 0.6) is 0 Å². The van der Waals surface area contributed by atoms with Crippen LogP contribution in [0.3, 0.4) is 0 Å². The number of amides is 1. The first-order valence-electron chi connectivity index (χ1n) is 29.9. The quantitative estimate of drug-likeness (QED) is 0.0195. The maximum absolute atomic E-state index is 13.4. The number of hydrogen-bond acceptors (Lipinski definition) is 10. The van der Waals surface area contributed by atoms with Gasteiger partial charge in [0.05, 0.1) is 25.4 Å². The summed E-state index contributed by atoms with van der Waals surface area (Å²) >= 11 is 0. The average molecular weight is 1040 g/mol. The van der Waals surface area contributed by atoms with E-state index in [0.29, 0.717) is 12.8 Å². The van der Waals surface area contributed by atoms with Crippen LogP contribution in [0, 0.1) is 0 Å². The van der Waals surface area contributed by atoms with Gasteiger partial charge < -0.3 is 45.1 Å². The number of allylic oxidation sites excluding steroid dienone is 13. The summed E-state index contributed by atoms with van der Waals surface area (Å²) in [5.41, 5.74) is 0. The fraction of sp³-hybridized carbons (Fsp3) is 0.746. The lowest BCUT2D eigenvalue weighted by Crippen LogP contribution is -2.61. The van der Waals surface area contributed by atoms with Crippen LogP contribution < -0.4 is 5.32 Å². The lowest BCUT2D eigenvalue weighted by atomic mass is 9.99. The summed E-state index contributed by atoms with van der Waals surface area (Å²) in [4.78, 5) is 26.5. The summed E-state index contributed by atoms with van der Waals surface area (Å²) in [7, 11) is 0. The van der Waals surface area contributed by atoms with Crippen LogP contribution in [0.2, 0.25) is 0 Å². The highest BCUT2D eigenvalue weighted by Gasteiger charge is 2.47. The first-order chi connectivity index (χ1) is 36.2. The number of hydrogen-bond donors (Lipinski definition) is 6. The molecular formula is C63H109NO10. The van der Waals surface area contributed by atoms with Crippen molar-refractivity contribution in [1.29, 1.82) is 0 Å². The van der Waals surface area contributed by atoms with E-state index in [1.165, 1.54) is 83.5 Å². The summed E-state index contributed by atoms with van der Waals surface area (Å²) < 4.78 is 17.6. The van der Waals surface area contributed by atoms with Crippen molar-refractivity contribution in [2.75, 3.05) is 13.2 Å². The van der Waals surface area contributed by atoms with Gasteiger partial charge in [-0.2, -0.15) is 0 Å². The summed E-state index contributed by atoms with van der Waals surface area (Å²) in [5.74, 6) is -1.24. The van der Waals surface area contributed by atoms with Crippen LogP contribution >= 0.6 is 0 Å². The molecule has 0 radical (unpaired) electrons. The van der Waals surface area contributed by atoms with Gasteiger partial charge in [-0.25, -0.2) is 0 Å². The van der Waals surface area contributed by atoms with Crippen molar-refractivity contribution in [2.45, 2.75) is 288 Å². The van der Waals surface area contributed by atoms with E-state index < -0.39 is 67.4 Å². The first kappa shape index (κ1) is 68.9. The maximum atomic E-state index is 13.4. The van der Waals surface area contributed by atoms with Gasteiger partial charge in [-0.05, 0) is 96.3 Å². The van der Waals surface area contributed by atoms with Crippen molar-refractivity contribution < 1.29 is 49.3 Å². The lowest BCUT2D eigenvalue weighted by Gasteiger charge is -2.41. The zero-order valence-corrected chi connectivity index (χ0v) is 46.9. The van der Waals surface area contributed by atoms with Crippen LogP contribution in [0.4, 0.5) is 0 Å². The van der Waals surface area contributed by atoms with Gasteiger partial charge in [0.1, 0.15) is 24.4 Å². The Hall–Kier alpha value is -3.16. The Balaban J connectivity index is 2.75. The van der Waals surface area contributed by atoms with E-state index in [4.69, 9.17) is 14.2 Å². The zero-order valence-electron chi connectivity index (χ0n) is 46.9. The number of aliphatic hydroxyl groups is 5. The van der Waals surface area contributed by atoms with E-state index in [2.05, 4.69) is 99.0 Å². The molecule has 11 nitrogen and oxygen atoms in total. The molecule has 74 heavy (non-hydrogen) atoms. The van der Waals surface area contributed by atoms with Crippen LogP contribution in [0.15, 0.2) is 85.1 Å². The minimum Gasteiger partial charge on any atom is -0.454 e. The van der Waals surface area contributed by atoms with Crippen molar-refractivity contribution in [3.05, 3.63) is 85.1 Å². The second-order valence-electron chi connectivity index (χ2n) is 20.3. The predicted molar refractivity (Wildman–Crippen MR) is 306 cm³/mol. The summed E-state index contributed by atoms with van der Waals surface area (Å²) in [5, 5.41) is 56.9. The van der Waals surface area contributed by atoms with E-state index in [0.717, 1.165) is 109 Å². The van der Waals surface area contributed by atoms with Gasteiger partial charge in [0, 0.05) is 6.42 Å². The number of carbonyl (C=O) groups is 2. The molecule has 0 aromatic heterocycles. The smallest absolute Gasteiger partial charge is 0.306 e. The van der Waals surface area contributed by atoms with E-state index in [-0.39, 0.29) is 19.4 Å². The van der Waals surface area contributed by atoms with E-state index in [1.54, 1.807) is 6.08 Å². The molecule has 426 valence electrons. The second-order valence-corrected chi connectivity index (χ2v) is 20.3. The number of rotatable bonds is 49. The third kappa shape index (κ3) is 38.4. The molecular weight excluding hydrogens is 931 g/mol. The number of aliphatic hydroxyl groups excluding tert-OH is 5. The summed E-state index contributed by atoms with van der Waals surface area (Å²) in [6.07, 6.45) is 54.7. The van der Waals surface area contributed by atoms with Gasteiger partial charge in [-0.1, -0.05) is 221 Å². The molecule has 0 spiro atoms. The fourth-order valence-corrected chi connectivity index (χ4v) is 8.79. The molecule has 8 atom stereocenters. The van der Waals surface area contributed by atoms with Gasteiger partial charge in [0.2, 0.25) is 5.91 Å². The van der Waals surface area contributed by atoms with Gasteiger partial charge in [0.15, 0.2) is 12.4 Å². The molecule has 0 aliphatic carbocycles. The average Bonchev–Trinajstić information content (AvgIpc) is 3.40. The van der Waals surface area contributed by atoms with Crippen LogP contribution in [0.1, 0.15) is 239 Å². The Morgan fingerprint density at radius 1 is 0.541 bits per heavy atom. The Morgan fingerprint density at radius 2 is 0.973 bits per heavy atom. The Labute approximate surface area is 451 Å². The minimum atomic E-state index is -1.63. The Bertz CT molecular complexity index is 1520. The standard InChI is InChI=1S/C63H109NO10/c1-4-7-10-13-16-19-22-25-27-28-29-30-32-35-38-41-44-47-50-56(67)62(71)64-54(55(66)49-46-43-40-37-34-31-24-21-18-15-12-9-6-3)53-72-63-61(60(70)59(69)57(52-65)73-63)74-58(68)51-48-45-42-39-36-33-26-23-20-17-14-11-8-5-2/h8,11,16-17,19-20,25-27,29-30,33,46,49,54-57,59-61,63,65-67,69-70H,4-7,9-10,12-15,18,21-24,28,31-32,34-45,47-48,50-53H2,1-3H3,(H,64,71)/b11-8+,19-16-,20-17+,27-25-,30-29-,33-26+,49-46+. The van der Waals surface area contributed by atoms with E-state index in [1.807, 2.05) is 6.08 Å². The van der Waals surface area contributed by atoms with Gasteiger partial charge in [-0.15, -0.1) is 0 Å². The molecule has 0 aromatic carbocycles. The van der Waals surface area contributed by atoms with Crippen LogP contribution in [-0.4, -0.2) is 99.6 Å². The number of esters is 1.